The van der Waals surface area contributed by atoms with Gasteiger partial charge in [-0.05, 0) is 19.1 Å². The van der Waals surface area contributed by atoms with E-state index >= 15 is 0 Å². The molecule has 0 fully saturated rings. The van der Waals surface area contributed by atoms with Gasteiger partial charge in [0.1, 0.15) is 23.3 Å². The van der Waals surface area contributed by atoms with E-state index in [-0.39, 0.29) is 0 Å². The Morgan fingerprint density at radius 3 is 2.92 bits per heavy atom. The van der Waals surface area contributed by atoms with E-state index in [0.717, 1.165) is 6.20 Å². The standard InChI is InChI=1S/C16H15F3N6O/c1-8(16(26)23-7-12(18)19)24-13-2-3-20-15(25-13)11-6-22-14-10(11)4-9(17)5-21-14/h2-6,8,12H,7H2,1H3,(H,21,22)(H,23,26)(H,20,24,25)/t8-/m1/s1. The van der Waals surface area contributed by atoms with Crippen molar-refractivity contribution in [1.29, 1.82) is 0 Å². The fraction of sp³-hybridized carbons (Fsp3) is 0.250. The van der Waals surface area contributed by atoms with E-state index in [1.54, 1.807) is 6.20 Å². The number of carbonyl (C=O) groups is 1. The molecule has 0 saturated heterocycles. The highest BCUT2D eigenvalue weighted by Gasteiger charge is 2.16. The topological polar surface area (TPSA) is 95.6 Å². The van der Waals surface area contributed by atoms with Crippen molar-refractivity contribution in [2.45, 2.75) is 19.4 Å². The number of anilines is 1. The van der Waals surface area contributed by atoms with Crippen LogP contribution in [-0.4, -0.2) is 44.9 Å². The molecule has 3 N–H and O–H groups in total. The van der Waals surface area contributed by atoms with E-state index in [2.05, 4.69) is 30.6 Å². The molecule has 0 aromatic carbocycles. The van der Waals surface area contributed by atoms with Gasteiger partial charge >= 0.3 is 0 Å². The second kappa shape index (κ2) is 7.38. The summed E-state index contributed by atoms with van der Waals surface area (Å²) in [7, 11) is 0. The van der Waals surface area contributed by atoms with Crippen LogP contribution < -0.4 is 10.6 Å². The average Bonchev–Trinajstić information content (AvgIpc) is 3.02. The number of alkyl halides is 2. The maximum absolute atomic E-state index is 13.5. The SMILES string of the molecule is C[C@@H](Nc1ccnc(-c2c[nH]c3ncc(F)cc23)n1)C(=O)NCC(F)F. The molecule has 0 aliphatic heterocycles. The van der Waals surface area contributed by atoms with Crippen LogP contribution in [0.25, 0.3) is 22.4 Å². The van der Waals surface area contributed by atoms with Gasteiger partial charge in [0.25, 0.3) is 6.43 Å². The van der Waals surface area contributed by atoms with Crippen LogP contribution in [0, 0.1) is 5.82 Å². The molecule has 1 atom stereocenters. The molecule has 7 nitrogen and oxygen atoms in total. The van der Waals surface area contributed by atoms with Crippen molar-refractivity contribution in [3.8, 4) is 11.4 Å². The third-order valence-electron chi connectivity index (χ3n) is 3.58. The summed E-state index contributed by atoms with van der Waals surface area (Å²) in [6.07, 6.45) is 1.56. The van der Waals surface area contributed by atoms with Crippen molar-refractivity contribution in [1.82, 2.24) is 25.3 Å². The zero-order valence-electron chi connectivity index (χ0n) is 13.6. The summed E-state index contributed by atoms with van der Waals surface area (Å²) in [4.78, 5) is 27.1. The normalized spacial score (nSPS) is 12.3. The molecule has 3 aromatic rings. The molecule has 0 unspecified atom stereocenters. The summed E-state index contributed by atoms with van der Waals surface area (Å²) in [6.45, 7) is 0.807. The Morgan fingerprint density at radius 2 is 2.15 bits per heavy atom. The van der Waals surface area contributed by atoms with Crippen molar-refractivity contribution < 1.29 is 18.0 Å². The first-order chi connectivity index (χ1) is 12.4. The Balaban J connectivity index is 1.80. The number of rotatable bonds is 6. The van der Waals surface area contributed by atoms with Gasteiger partial charge in [0, 0.05) is 23.3 Å². The lowest BCUT2D eigenvalue weighted by atomic mass is 10.2. The van der Waals surface area contributed by atoms with E-state index in [0.29, 0.717) is 28.2 Å². The molecule has 10 heteroatoms. The predicted octanol–water partition coefficient (Wildman–Crippen LogP) is 2.34. The van der Waals surface area contributed by atoms with Gasteiger partial charge < -0.3 is 15.6 Å². The van der Waals surface area contributed by atoms with Crippen molar-refractivity contribution >= 4 is 22.8 Å². The van der Waals surface area contributed by atoms with Crippen molar-refractivity contribution in [3.63, 3.8) is 0 Å². The van der Waals surface area contributed by atoms with Crippen LogP contribution in [0.3, 0.4) is 0 Å². The molecule has 0 bridgehead atoms. The second-order valence-electron chi connectivity index (χ2n) is 5.52. The smallest absolute Gasteiger partial charge is 0.255 e. The van der Waals surface area contributed by atoms with Gasteiger partial charge in [-0.1, -0.05) is 0 Å². The van der Waals surface area contributed by atoms with Crippen molar-refractivity contribution in [2.24, 2.45) is 0 Å². The molecular formula is C16H15F3N6O. The van der Waals surface area contributed by atoms with Crippen molar-refractivity contribution in [2.75, 3.05) is 11.9 Å². The first-order valence-corrected chi connectivity index (χ1v) is 7.72. The number of nitrogens with one attached hydrogen (secondary N) is 3. The first-order valence-electron chi connectivity index (χ1n) is 7.72. The third-order valence-corrected chi connectivity index (χ3v) is 3.58. The van der Waals surface area contributed by atoms with Crippen LogP contribution in [0.5, 0.6) is 0 Å². The fourth-order valence-electron chi connectivity index (χ4n) is 2.35. The van der Waals surface area contributed by atoms with Crippen LogP contribution in [0.15, 0.2) is 30.7 Å². The minimum absolute atomic E-state index is 0.300. The lowest BCUT2D eigenvalue weighted by Gasteiger charge is -2.14. The molecule has 0 aliphatic carbocycles. The summed E-state index contributed by atoms with van der Waals surface area (Å²) in [5.74, 6) is -0.442. The Bertz CT molecular complexity index is 929. The second-order valence-corrected chi connectivity index (χ2v) is 5.52. The van der Waals surface area contributed by atoms with Gasteiger partial charge in [0.05, 0.1) is 12.7 Å². The van der Waals surface area contributed by atoms with Gasteiger partial charge in [-0.3, -0.25) is 4.79 Å². The van der Waals surface area contributed by atoms with E-state index in [9.17, 15) is 18.0 Å². The number of aromatic amines is 1. The number of carbonyl (C=O) groups excluding carboxylic acids is 1. The Morgan fingerprint density at radius 1 is 1.35 bits per heavy atom. The van der Waals surface area contributed by atoms with Crippen LogP contribution in [0.1, 0.15) is 6.92 Å². The molecule has 0 saturated carbocycles. The van der Waals surface area contributed by atoms with Crippen LogP contribution in [0.4, 0.5) is 19.0 Å². The number of hydrogen-bond acceptors (Lipinski definition) is 5. The molecule has 0 radical (unpaired) electrons. The number of H-pyrrole nitrogens is 1. The van der Waals surface area contributed by atoms with E-state index < -0.39 is 30.7 Å². The average molecular weight is 364 g/mol. The Labute approximate surface area is 146 Å². The largest absolute Gasteiger partial charge is 0.359 e. The minimum atomic E-state index is -2.62. The fourth-order valence-corrected chi connectivity index (χ4v) is 2.35. The summed E-state index contributed by atoms with van der Waals surface area (Å²) in [5, 5.41) is 5.46. The lowest BCUT2D eigenvalue weighted by Crippen LogP contribution is -2.39. The minimum Gasteiger partial charge on any atom is -0.359 e. The molecule has 3 rings (SSSR count). The van der Waals surface area contributed by atoms with Crippen LogP contribution in [-0.2, 0) is 4.79 Å². The summed E-state index contributed by atoms with van der Waals surface area (Å²) >= 11 is 0. The molecule has 0 aliphatic rings. The van der Waals surface area contributed by atoms with Crippen LogP contribution >= 0.6 is 0 Å². The van der Waals surface area contributed by atoms with E-state index in [1.165, 1.54) is 25.3 Å². The number of pyridine rings is 1. The zero-order valence-corrected chi connectivity index (χ0v) is 13.6. The van der Waals surface area contributed by atoms with E-state index in [4.69, 9.17) is 0 Å². The first kappa shape index (κ1) is 17.6. The Kier molecular flexibility index (Phi) is 5.01. The molecule has 26 heavy (non-hydrogen) atoms. The molecule has 136 valence electrons. The maximum Gasteiger partial charge on any atom is 0.255 e. The number of amides is 1. The number of nitrogens with zero attached hydrogens (tertiary/aromatic N) is 3. The van der Waals surface area contributed by atoms with Gasteiger partial charge in [-0.25, -0.2) is 28.1 Å². The van der Waals surface area contributed by atoms with Gasteiger partial charge in [-0.2, -0.15) is 0 Å². The molecule has 3 heterocycles. The number of halogens is 3. The van der Waals surface area contributed by atoms with Crippen LogP contribution in [0.2, 0.25) is 0 Å². The number of fused-ring (bicyclic) bond motifs is 1. The van der Waals surface area contributed by atoms with Gasteiger partial charge in [-0.15, -0.1) is 0 Å². The summed E-state index contributed by atoms with van der Waals surface area (Å²) < 4.78 is 37.8. The third kappa shape index (κ3) is 3.90. The molecule has 1 amide bonds. The number of aromatic nitrogens is 4. The molecule has 3 aromatic heterocycles. The van der Waals surface area contributed by atoms with Gasteiger partial charge in [0.2, 0.25) is 5.91 Å². The highest BCUT2D eigenvalue weighted by Crippen LogP contribution is 2.26. The Hall–Kier alpha value is -3.17. The summed E-state index contributed by atoms with van der Waals surface area (Å²) in [6, 6.07) is 2.07. The predicted molar refractivity (Wildman–Crippen MR) is 89.2 cm³/mol. The van der Waals surface area contributed by atoms with Crippen molar-refractivity contribution in [3.05, 3.63) is 36.5 Å². The van der Waals surface area contributed by atoms with E-state index in [1.807, 2.05) is 0 Å². The maximum atomic E-state index is 13.5. The monoisotopic (exact) mass is 364 g/mol. The lowest BCUT2D eigenvalue weighted by molar-refractivity contribution is -0.122. The molecular weight excluding hydrogens is 349 g/mol. The molecule has 0 spiro atoms. The van der Waals surface area contributed by atoms with Gasteiger partial charge in [0.15, 0.2) is 5.82 Å². The quantitative estimate of drug-likeness (QED) is 0.624. The zero-order chi connectivity index (χ0) is 18.7. The highest BCUT2D eigenvalue weighted by atomic mass is 19.3. The summed E-state index contributed by atoms with van der Waals surface area (Å²) in [5.41, 5.74) is 1.04. The number of hydrogen-bond donors (Lipinski definition) is 3. The highest BCUT2D eigenvalue weighted by molar-refractivity contribution is 5.91.